The Labute approximate surface area is 184 Å². The van der Waals surface area contributed by atoms with Crippen LogP contribution in [0.3, 0.4) is 0 Å². The van der Waals surface area contributed by atoms with Crippen molar-refractivity contribution in [3.05, 3.63) is 30.0 Å². The molecule has 1 saturated heterocycles. The zero-order valence-electron chi connectivity index (χ0n) is 18.1. The lowest BCUT2D eigenvalue weighted by molar-refractivity contribution is 0.258. The Hall–Kier alpha value is -2.52. The number of aromatic amines is 1. The summed E-state index contributed by atoms with van der Waals surface area (Å²) in [6, 6.07) is 6.01. The first-order valence-electron chi connectivity index (χ1n) is 10.9. The number of hydrogen-bond acceptors (Lipinski definition) is 7. The number of nitrogens with zero attached hydrogens (tertiary/aromatic N) is 5. The molecule has 0 spiro atoms. The minimum atomic E-state index is -1.02. The van der Waals surface area contributed by atoms with E-state index in [1.54, 1.807) is 6.26 Å². The molecule has 164 valence electrons. The number of nitrogens with two attached hydrogens (primary N) is 1. The Morgan fingerprint density at radius 1 is 1.26 bits per heavy atom. The normalized spacial score (nSPS) is 19.5. The van der Waals surface area contributed by atoms with Crippen LogP contribution in [-0.2, 0) is 17.2 Å². The van der Waals surface area contributed by atoms with Crippen molar-refractivity contribution in [1.82, 2.24) is 20.2 Å². The number of piperidine rings is 1. The fraction of sp³-hybridized carbons (Fsp3) is 0.500. The van der Waals surface area contributed by atoms with Crippen molar-refractivity contribution in [1.29, 1.82) is 0 Å². The monoisotopic (exact) mass is 439 g/mol. The molecule has 0 radical (unpaired) electrons. The van der Waals surface area contributed by atoms with Crippen LogP contribution in [0.15, 0.2) is 29.3 Å². The highest BCUT2D eigenvalue weighted by Crippen LogP contribution is 2.38. The summed E-state index contributed by atoms with van der Waals surface area (Å²) < 4.78 is 12.2. The molecule has 0 saturated carbocycles. The molecule has 0 bridgehead atoms. The van der Waals surface area contributed by atoms with Crippen LogP contribution < -0.4 is 15.5 Å². The van der Waals surface area contributed by atoms with Gasteiger partial charge in [-0.1, -0.05) is 13.0 Å². The third kappa shape index (κ3) is 3.59. The van der Waals surface area contributed by atoms with Crippen LogP contribution >= 0.6 is 0 Å². The summed E-state index contributed by atoms with van der Waals surface area (Å²) in [5, 5.41) is 7.67. The van der Waals surface area contributed by atoms with E-state index in [1.807, 2.05) is 18.3 Å². The molecule has 2 aliphatic rings. The zero-order valence-corrected chi connectivity index (χ0v) is 18.9. The Morgan fingerprint density at radius 3 is 2.81 bits per heavy atom. The number of benzene rings is 1. The van der Waals surface area contributed by atoms with Crippen molar-refractivity contribution < 1.29 is 4.21 Å². The molecule has 1 unspecified atom stereocenters. The van der Waals surface area contributed by atoms with Gasteiger partial charge in [0.1, 0.15) is 5.82 Å². The number of rotatable bonds is 4. The molecule has 9 heteroatoms. The molecular weight excluding hydrogens is 410 g/mol. The fourth-order valence-electron chi connectivity index (χ4n) is 4.68. The second-order valence-electron chi connectivity index (χ2n) is 8.94. The van der Waals surface area contributed by atoms with Gasteiger partial charge in [-0.2, -0.15) is 5.10 Å². The number of anilines is 3. The highest BCUT2D eigenvalue weighted by Gasteiger charge is 2.30. The summed E-state index contributed by atoms with van der Waals surface area (Å²) in [6.45, 7) is 5.70. The van der Waals surface area contributed by atoms with Crippen LogP contribution in [0.2, 0.25) is 0 Å². The average Bonchev–Trinajstić information content (AvgIpc) is 3.21. The lowest BCUT2D eigenvalue weighted by atomic mass is 9.80. The third-order valence-corrected chi connectivity index (χ3v) is 7.80. The first-order valence-corrected chi connectivity index (χ1v) is 12.4. The first-order chi connectivity index (χ1) is 15.0. The molecule has 1 aromatic carbocycles. The molecule has 1 atom stereocenters. The molecule has 2 aromatic heterocycles. The Bertz CT molecular complexity index is 1140. The molecule has 3 N–H and O–H groups in total. The summed E-state index contributed by atoms with van der Waals surface area (Å²) >= 11 is 0. The van der Waals surface area contributed by atoms with Crippen LogP contribution in [0.4, 0.5) is 17.3 Å². The van der Waals surface area contributed by atoms with Crippen molar-refractivity contribution >= 4 is 39.3 Å². The minimum Gasteiger partial charge on any atom is -0.355 e. The van der Waals surface area contributed by atoms with Crippen molar-refractivity contribution in [2.75, 3.05) is 42.2 Å². The summed E-state index contributed by atoms with van der Waals surface area (Å²) in [5.74, 6) is 1.66. The van der Waals surface area contributed by atoms with Crippen LogP contribution in [0, 0.1) is 5.41 Å². The maximum absolute atomic E-state index is 12.2. The van der Waals surface area contributed by atoms with E-state index < -0.39 is 10.8 Å². The van der Waals surface area contributed by atoms with Gasteiger partial charge in [0.15, 0.2) is 17.0 Å². The minimum absolute atomic E-state index is 0.220. The van der Waals surface area contributed by atoms with E-state index in [4.69, 9.17) is 15.7 Å². The van der Waals surface area contributed by atoms with Gasteiger partial charge >= 0.3 is 0 Å². The number of aromatic nitrogens is 4. The smallest absolute Gasteiger partial charge is 0.183 e. The van der Waals surface area contributed by atoms with Crippen molar-refractivity contribution in [3.63, 3.8) is 0 Å². The lowest BCUT2D eigenvalue weighted by Crippen LogP contribution is -2.42. The van der Waals surface area contributed by atoms with Gasteiger partial charge in [-0.15, -0.1) is 0 Å². The van der Waals surface area contributed by atoms with Crippen LogP contribution in [0.25, 0.3) is 11.2 Å². The van der Waals surface area contributed by atoms with Gasteiger partial charge < -0.3 is 15.5 Å². The maximum atomic E-state index is 12.2. The van der Waals surface area contributed by atoms with Gasteiger partial charge in [0.2, 0.25) is 0 Å². The second-order valence-corrected chi connectivity index (χ2v) is 10.3. The molecule has 1 fully saturated rings. The molecule has 0 amide bonds. The van der Waals surface area contributed by atoms with Gasteiger partial charge in [0.25, 0.3) is 0 Å². The standard InChI is InChI=1S/C22H29N7OS/c1-22(14-23)8-11-28(12-9-22)18-13-24-19-20(25-18)26-27-21(19)29-10-4-5-15-16(29)6-3-7-17(15)31(2)30/h3,6-7,13H,4-5,8-12,14,23H2,1-2H3,(H,25,26,27). The maximum Gasteiger partial charge on any atom is 0.183 e. The Kier molecular flexibility index (Phi) is 5.18. The van der Waals surface area contributed by atoms with Crippen molar-refractivity contribution in [2.45, 2.75) is 37.5 Å². The molecular formula is C22H29N7OS. The van der Waals surface area contributed by atoms with E-state index in [1.165, 1.54) is 0 Å². The predicted octanol–water partition coefficient (Wildman–Crippen LogP) is 2.74. The van der Waals surface area contributed by atoms with Gasteiger partial charge in [0.05, 0.1) is 17.0 Å². The van der Waals surface area contributed by atoms with Crippen LogP contribution in [-0.4, -0.2) is 56.8 Å². The second kappa shape index (κ2) is 7.87. The van der Waals surface area contributed by atoms with E-state index >= 15 is 0 Å². The number of hydrogen-bond donors (Lipinski definition) is 2. The lowest BCUT2D eigenvalue weighted by Gasteiger charge is -2.39. The van der Waals surface area contributed by atoms with Gasteiger partial charge in [0, 0.05) is 36.5 Å². The molecule has 0 aliphatic carbocycles. The van der Waals surface area contributed by atoms with E-state index in [-0.39, 0.29) is 5.41 Å². The van der Waals surface area contributed by atoms with E-state index in [9.17, 15) is 4.21 Å². The summed E-state index contributed by atoms with van der Waals surface area (Å²) in [7, 11) is -1.02. The predicted molar refractivity (Wildman–Crippen MR) is 124 cm³/mol. The molecule has 8 nitrogen and oxygen atoms in total. The highest BCUT2D eigenvalue weighted by atomic mass is 32.2. The van der Waals surface area contributed by atoms with E-state index in [0.717, 1.165) is 85.2 Å². The van der Waals surface area contributed by atoms with E-state index in [0.29, 0.717) is 5.65 Å². The molecule has 3 aromatic rings. The largest absolute Gasteiger partial charge is 0.355 e. The highest BCUT2D eigenvalue weighted by molar-refractivity contribution is 7.84. The Morgan fingerprint density at radius 2 is 2.06 bits per heavy atom. The van der Waals surface area contributed by atoms with Crippen LogP contribution in [0.5, 0.6) is 0 Å². The van der Waals surface area contributed by atoms with Gasteiger partial charge in [-0.3, -0.25) is 9.31 Å². The van der Waals surface area contributed by atoms with Crippen LogP contribution in [0.1, 0.15) is 31.7 Å². The molecule has 5 rings (SSSR count). The quantitative estimate of drug-likeness (QED) is 0.644. The van der Waals surface area contributed by atoms with Crippen molar-refractivity contribution in [3.8, 4) is 0 Å². The topological polar surface area (TPSA) is 104 Å². The first kappa shape index (κ1) is 20.4. The third-order valence-electron chi connectivity index (χ3n) is 6.80. The van der Waals surface area contributed by atoms with Gasteiger partial charge in [-0.25, -0.2) is 9.97 Å². The number of nitrogens with one attached hydrogen (secondary N) is 1. The SMILES string of the molecule is CS(=O)c1cccc2c1CCCN2c1n[nH]c2nc(N3CCC(C)(CN)CC3)cnc12. The molecule has 31 heavy (non-hydrogen) atoms. The molecule has 4 heterocycles. The fourth-order valence-corrected chi connectivity index (χ4v) is 5.51. The number of H-pyrrole nitrogens is 1. The Balaban J connectivity index is 1.46. The summed E-state index contributed by atoms with van der Waals surface area (Å²) in [4.78, 5) is 14.9. The zero-order chi connectivity index (χ0) is 21.6. The van der Waals surface area contributed by atoms with Gasteiger partial charge in [-0.05, 0) is 55.3 Å². The average molecular weight is 440 g/mol. The van der Waals surface area contributed by atoms with Crippen molar-refractivity contribution in [2.24, 2.45) is 11.1 Å². The summed E-state index contributed by atoms with van der Waals surface area (Å²) in [6.07, 6.45) is 7.62. The summed E-state index contributed by atoms with van der Waals surface area (Å²) in [5.41, 5.74) is 9.84. The molecule has 2 aliphatic heterocycles. The number of fused-ring (bicyclic) bond motifs is 2. The van der Waals surface area contributed by atoms with E-state index in [2.05, 4.69) is 33.0 Å².